The molecule has 0 aliphatic heterocycles. The third kappa shape index (κ3) is 2.65. The van der Waals surface area contributed by atoms with Gasteiger partial charge in [0.25, 0.3) is 0 Å². The van der Waals surface area contributed by atoms with Gasteiger partial charge in [0.2, 0.25) is 0 Å². The molecule has 0 spiro atoms. The molecule has 0 radical (unpaired) electrons. The molecule has 0 bridgehead atoms. The Kier molecular flexibility index (Phi) is 3.39. The van der Waals surface area contributed by atoms with Gasteiger partial charge in [-0.15, -0.1) is 11.3 Å². The quantitative estimate of drug-likeness (QED) is 0.770. The van der Waals surface area contributed by atoms with Crippen LogP contribution in [-0.2, 0) is 6.42 Å². The molecule has 0 aliphatic carbocycles. The van der Waals surface area contributed by atoms with Gasteiger partial charge in [-0.05, 0) is 23.3 Å². The predicted octanol–water partition coefficient (Wildman–Crippen LogP) is 3.69. The number of rotatable bonds is 3. The maximum Gasteiger partial charge on any atom is 0.180 e. The standard InChI is InChI=1S/C16H14N2OS/c17-16-18-10-13(20-16)8-11-6-7-15(19)14(9-11)12-4-2-1-3-5-12/h1-7,9-10,19H,8H2,(H2,17,18). The number of aromatic nitrogens is 1. The maximum atomic E-state index is 10.0. The minimum atomic E-state index is 0.295. The van der Waals surface area contributed by atoms with Crippen LogP contribution >= 0.6 is 11.3 Å². The number of benzene rings is 2. The molecular weight excluding hydrogens is 268 g/mol. The minimum absolute atomic E-state index is 0.295. The van der Waals surface area contributed by atoms with Crippen LogP contribution in [0, 0.1) is 0 Å². The molecule has 3 aromatic rings. The summed E-state index contributed by atoms with van der Waals surface area (Å²) in [5.41, 5.74) is 8.63. The monoisotopic (exact) mass is 282 g/mol. The first-order valence-corrected chi connectivity index (χ1v) is 7.11. The van der Waals surface area contributed by atoms with Crippen LogP contribution in [0.1, 0.15) is 10.4 Å². The van der Waals surface area contributed by atoms with Gasteiger partial charge in [-0.2, -0.15) is 0 Å². The number of nitrogen functional groups attached to an aromatic ring is 1. The smallest absolute Gasteiger partial charge is 0.180 e. The summed E-state index contributed by atoms with van der Waals surface area (Å²) in [6.45, 7) is 0. The molecule has 3 N–H and O–H groups in total. The van der Waals surface area contributed by atoms with E-state index in [9.17, 15) is 5.11 Å². The first kappa shape index (κ1) is 12.7. The van der Waals surface area contributed by atoms with Gasteiger partial charge in [-0.1, -0.05) is 36.4 Å². The number of phenolic OH excluding ortho intramolecular Hbond substituents is 1. The predicted molar refractivity (Wildman–Crippen MR) is 82.9 cm³/mol. The third-order valence-corrected chi connectivity index (χ3v) is 3.92. The number of thiazole rings is 1. The molecule has 100 valence electrons. The van der Waals surface area contributed by atoms with Crippen molar-refractivity contribution < 1.29 is 5.11 Å². The van der Waals surface area contributed by atoms with Gasteiger partial charge in [0.1, 0.15) is 5.75 Å². The first-order valence-electron chi connectivity index (χ1n) is 6.30. The Morgan fingerprint density at radius 1 is 1.10 bits per heavy atom. The SMILES string of the molecule is Nc1ncc(Cc2ccc(O)c(-c3ccccc3)c2)s1. The Labute approximate surface area is 121 Å². The molecule has 20 heavy (non-hydrogen) atoms. The van der Waals surface area contributed by atoms with Crippen LogP contribution in [0.25, 0.3) is 11.1 Å². The highest BCUT2D eigenvalue weighted by Gasteiger charge is 2.07. The van der Waals surface area contributed by atoms with Crippen molar-refractivity contribution in [1.29, 1.82) is 0 Å². The van der Waals surface area contributed by atoms with E-state index in [4.69, 9.17) is 5.73 Å². The van der Waals surface area contributed by atoms with Gasteiger partial charge in [0.05, 0.1) is 0 Å². The number of aromatic hydroxyl groups is 1. The van der Waals surface area contributed by atoms with Crippen LogP contribution < -0.4 is 5.73 Å². The fourth-order valence-corrected chi connectivity index (χ4v) is 2.87. The Balaban J connectivity index is 1.94. The summed E-state index contributed by atoms with van der Waals surface area (Å²) in [5.74, 6) is 0.295. The zero-order chi connectivity index (χ0) is 13.9. The molecule has 4 heteroatoms. The zero-order valence-electron chi connectivity index (χ0n) is 10.8. The van der Waals surface area contributed by atoms with Gasteiger partial charge in [0, 0.05) is 23.1 Å². The van der Waals surface area contributed by atoms with Crippen LogP contribution in [0.15, 0.2) is 54.7 Å². The van der Waals surface area contributed by atoms with Crippen molar-refractivity contribution in [3.8, 4) is 16.9 Å². The summed E-state index contributed by atoms with van der Waals surface area (Å²) in [4.78, 5) is 5.18. The lowest BCUT2D eigenvalue weighted by atomic mass is 10.0. The Bertz CT molecular complexity index is 722. The molecular formula is C16H14N2OS. The maximum absolute atomic E-state index is 10.0. The molecule has 1 aromatic heterocycles. The molecule has 0 aliphatic rings. The highest BCUT2D eigenvalue weighted by molar-refractivity contribution is 7.15. The molecule has 3 rings (SSSR count). The molecule has 2 aromatic carbocycles. The van der Waals surface area contributed by atoms with Gasteiger partial charge in [-0.25, -0.2) is 4.98 Å². The van der Waals surface area contributed by atoms with E-state index < -0.39 is 0 Å². The van der Waals surface area contributed by atoms with E-state index in [-0.39, 0.29) is 0 Å². The number of phenols is 1. The van der Waals surface area contributed by atoms with Crippen LogP contribution in [0.3, 0.4) is 0 Å². The van der Waals surface area contributed by atoms with Gasteiger partial charge < -0.3 is 10.8 Å². The largest absolute Gasteiger partial charge is 0.507 e. The Morgan fingerprint density at radius 3 is 2.60 bits per heavy atom. The van der Waals surface area contributed by atoms with E-state index in [1.807, 2.05) is 42.5 Å². The summed E-state index contributed by atoms with van der Waals surface area (Å²) in [7, 11) is 0. The van der Waals surface area contributed by atoms with E-state index in [2.05, 4.69) is 4.98 Å². The Hall–Kier alpha value is -2.33. The second kappa shape index (κ2) is 5.35. The van der Waals surface area contributed by atoms with Crippen molar-refractivity contribution in [2.75, 3.05) is 5.73 Å². The molecule has 0 atom stereocenters. The summed E-state index contributed by atoms with van der Waals surface area (Å²) in [6.07, 6.45) is 2.57. The van der Waals surface area contributed by atoms with E-state index in [1.54, 1.807) is 12.3 Å². The number of nitrogens with zero attached hydrogens (tertiary/aromatic N) is 1. The van der Waals surface area contributed by atoms with E-state index in [0.29, 0.717) is 10.9 Å². The zero-order valence-corrected chi connectivity index (χ0v) is 11.6. The van der Waals surface area contributed by atoms with E-state index in [1.165, 1.54) is 11.3 Å². The van der Waals surface area contributed by atoms with Gasteiger partial charge >= 0.3 is 0 Å². The fraction of sp³-hybridized carbons (Fsp3) is 0.0625. The van der Waals surface area contributed by atoms with Gasteiger partial charge in [0.15, 0.2) is 5.13 Å². The molecule has 0 unspecified atom stereocenters. The van der Waals surface area contributed by atoms with Crippen LogP contribution in [0.2, 0.25) is 0 Å². The van der Waals surface area contributed by atoms with Crippen molar-refractivity contribution in [2.45, 2.75) is 6.42 Å². The highest BCUT2D eigenvalue weighted by Crippen LogP contribution is 2.31. The lowest BCUT2D eigenvalue weighted by Crippen LogP contribution is -1.87. The summed E-state index contributed by atoms with van der Waals surface area (Å²) in [5, 5.41) is 10.6. The molecule has 0 saturated heterocycles. The number of hydrogen-bond acceptors (Lipinski definition) is 4. The van der Waals surface area contributed by atoms with Crippen molar-refractivity contribution in [1.82, 2.24) is 4.98 Å². The summed E-state index contributed by atoms with van der Waals surface area (Å²) < 4.78 is 0. The fourth-order valence-electron chi connectivity index (χ4n) is 2.15. The minimum Gasteiger partial charge on any atom is -0.507 e. The summed E-state index contributed by atoms with van der Waals surface area (Å²) >= 11 is 1.49. The second-order valence-electron chi connectivity index (χ2n) is 4.56. The summed E-state index contributed by atoms with van der Waals surface area (Å²) in [6, 6.07) is 15.6. The number of anilines is 1. The average Bonchev–Trinajstić information content (AvgIpc) is 2.87. The van der Waals surface area contributed by atoms with Crippen molar-refractivity contribution in [2.24, 2.45) is 0 Å². The third-order valence-electron chi connectivity index (χ3n) is 3.10. The molecule has 0 saturated carbocycles. The molecule has 3 nitrogen and oxygen atoms in total. The van der Waals surface area contributed by atoms with Gasteiger partial charge in [-0.3, -0.25) is 0 Å². The Morgan fingerprint density at radius 2 is 1.90 bits per heavy atom. The van der Waals surface area contributed by atoms with Crippen molar-refractivity contribution in [3.63, 3.8) is 0 Å². The first-order chi connectivity index (χ1) is 9.72. The molecule has 0 amide bonds. The second-order valence-corrected chi connectivity index (χ2v) is 5.71. The van der Waals surface area contributed by atoms with E-state index >= 15 is 0 Å². The van der Waals surface area contributed by atoms with Crippen molar-refractivity contribution >= 4 is 16.5 Å². The van der Waals surface area contributed by atoms with E-state index in [0.717, 1.165) is 28.0 Å². The van der Waals surface area contributed by atoms with Crippen molar-refractivity contribution in [3.05, 3.63) is 65.2 Å². The highest BCUT2D eigenvalue weighted by atomic mass is 32.1. The van der Waals surface area contributed by atoms with Crippen LogP contribution in [-0.4, -0.2) is 10.1 Å². The van der Waals surface area contributed by atoms with Crippen LogP contribution in [0.5, 0.6) is 5.75 Å². The lowest BCUT2D eigenvalue weighted by molar-refractivity contribution is 0.477. The molecule has 1 heterocycles. The van der Waals surface area contributed by atoms with Crippen LogP contribution in [0.4, 0.5) is 5.13 Å². The topological polar surface area (TPSA) is 59.1 Å². The number of hydrogen-bond donors (Lipinski definition) is 2. The normalized spacial score (nSPS) is 10.6. The average molecular weight is 282 g/mol. The molecule has 0 fully saturated rings. The lowest BCUT2D eigenvalue weighted by Gasteiger charge is -2.07. The number of nitrogens with two attached hydrogens (primary N) is 1.